The van der Waals surface area contributed by atoms with E-state index >= 15 is 0 Å². The zero-order valence-corrected chi connectivity index (χ0v) is 11.9. The molecule has 1 aromatic carbocycles. The number of hydrogen-bond donors (Lipinski definition) is 3. The van der Waals surface area contributed by atoms with Crippen LogP contribution in [0.25, 0.3) is 0 Å². The van der Waals surface area contributed by atoms with Crippen molar-refractivity contribution in [3.63, 3.8) is 0 Å². The summed E-state index contributed by atoms with van der Waals surface area (Å²) in [7, 11) is 0. The summed E-state index contributed by atoms with van der Waals surface area (Å²) in [6, 6.07) is 3.76. The van der Waals surface area contributed by atoms with Gasteiger partial charge >= 0.3 is 0 Å². The number of aliphatic hydroxyl groups is 1. The number of piperidine rings is 1. The van der Waals surface area contributed by atoms with Crippen molar-refractivity contribution in [1.29, 1.82) is 0 Å². The molecule has 1 saturated carbocycles. The van der Waals surface area contributed by atoms with E-state index in [0.717, 1.165) is 43.4 Å². The van der Waals surface area contributed by atoms with Gasteiger partial charge < -0.3 is 20.3 Å². The van der Waals surface area contributed by atoms with Crippen LogP contribution in [0.4, 0.5) is 0 Å². The number of phenols is 1. The zero-order chi connectivity index (χ0) is 14.4. The highest BCUT2D eigenvalue weighted by molar-refractivity contribution is 5.63. The monoisotopic (exact) mass is 285 g/mol. The van der Waals surface area contributed by atoms with E-state index in [4.69, 9.17) is 4.74 Å². The molecule has 4 aliphatic rings. The molecule has 1 saturated heterocycles. The summed E-state index contributed by atoms with van der Waals surface area (Å²) in [4.78, 5) is 0. The van der Waals surface area contributed by atoms with Gasteiger partial charge in [0.15, 0.2) is 11.5 Å². The minimum absolute atomic E-state index is 0.0634. The van der Waals surface area contributed by atoms with Gasteiger partial charge in [-0.25, -0.2) is 0 Å². The summed E-state index contributed by atoms with van der Waals surface area (Å²) in [5, 5.41) is 25.3. The van der Waals surface area contributed by atoms with Gasteiger partial charge in [-0.1, -0.05) is 12.6 Å². The van der Waals surface area contributed by atoms with Gasteiger partial charge in [0.25, 0.3) is 0 Å². The first-order valence-electron chi connectivity index (χ1n) is 7.73. The number of ether oxygens (including phenoxy) is 1. The van der Waals surface area contributed by atoms with Gasteiger partial charge in [-0.05, 0) is 49.4 Å². The van der Waals surface area contributed by atoms with E-state index in [9.17, 15) is 10.2 Å². The molecule has 4 heteroatoms. The van der Waals surface area contributed by atoms with E-state index in [-0.39, 0.29) is 17.9 Å². The molecule has 1 aromatic rings. The maximum atomic E-state index is 11.6. The van der Waals surface area contributed by atoms with Crippen LogP contribution < -0.4 is 10.1 Å². The van der Waals surface area contributed by atoms with Crippen molar-refractivity contribution in [2.24, 2.45) is 0 Å². The summed E-state index contributed by atoms with van der Waals surface area (Å²) in [6.07, 6.45) is 2.92. The Morgan fingerprint density at radius 1 is 1.33 bits per heavy atom. The molecule has 5 rings (SSSR count). The van der Waals surface area contributed by atoms with Crippen molar-refractivity contribution >= 4 is 0 Å². The average Bonchev–Trinajstić information content (AvgIpc) is 2.80. The van der Waals surface area contributed by atoms with Crippen LogP contribution in [0, 0.1) is 0 Å². The Balaban J connectivity index is 1.89. The van der Waals surface area contributed by atoms with Crippen LogP contribution in [0.1, 0.15) is 30.4 Å². The lowest BCUT2D eigenvalue weighted by Gasteiger charge is -2.60. The first kappa shape index (κ1) is 12.1. The molecule has 3 N–H and O–H groups in total. The highest BCUT2D eigenvalue weighted by Crippen LogP contribution is 2.64. The van der Waals surface area contributed by atoms with Gasteiger partial charge in [0.1, 0.15) is 6.10 Å². The SMILES string of the molecule is C=C1CC[C@@]2(O)C3Cc4ccc(O)c5c4[C@@]2(CCN3)[C@H]1O5. The molecular formula is C17H19NO3. The van der Waals surface area contributed by atoms with E-state index in [2.05, 4.69) is 11.9 Å². The first-order chi connectivity index (χ1) is 10.1. The Bertz CT molecular complexity index is 685. The molecule has 2 bridgehead atoms. The Hall–Kier alpha value is -1.52. The molecule has 1 spiro atoms. The summed E-state index contributed by atoms with van der Waals surface area (Å²) >= 11 is 0. The molecular weight excluding hydrogens is 266 g/mol. The molecule has 0 amide bonds. The molecule has 1 unspecified atom stereocenters. The Morgan fingerprint density at radius 3 is 3.05 bits per heavy atom. The van der Waals surface area contributed by atoms with Gasteiger partial charge in [-0.15, -0.1) is 0 Å². The lowest BCUT2D eigenvalue weighted by Crippen LogP contribution is -2.74. The molecule has 21 heavy (non-hydrogen) atoms. The highest BCUT2D eigenvalue weighted by Gasteiger charge is 2.70. The lowest BCUT2D eigenvalue weighted by atomic mass is 9.49. The van der Waals surface area contributed by atoms with Crippen LogP contribution in [0.5, 0.6) is 11.5 Å². The molecule has 2 aliphatic carbocycles. The number of benzene rings is 1. The number of rotatable bonds is 0. The fourth-order valence-electron chi connectivity index (χ4n) is 5.35. The van der Waals surface area contributed by atoms with Gasteiger partial charge in [0.05, 0.1) is 11.0 Å². The summed E-state index contributed by atoms with van der Waals surface area (Å²) in [6.45, 7) is 5.06. The maximum Gasteiger partial charge on any atom is 0.166 e. The lowest BCUT2D eigenvalue weighted by molar-refractivity contribution is -0.135. The third kappa shape index (κ3) is 1.10. The van der Waals surface area contributed by atoms with Crippen molar-refractivity contribution < 1.29 is 14.9 Å². The molecule has 110 valence electrons. The van der Waals surface area contributed by atoms with Crippen molar-refractivity contribution in [3.05, 3.63) is 35.4 Å². The fraction of sp³-hybridized carbons (Fsp3) is 0.529. The van der Waals surface area contributed by atoms with E-state index in [1.807, 2.05) is 6.07 Å². The molecule has 4 atom stereocenters. The van der Waals surface area contributed by atoms with Crippen LogP contribution >= 0.6 is 0 Å². The van der Waals surface area contributed by atoms with E-state index in [0.29, 0.717) is 5.75 Å². The zero-order valence-electron chi connectivity index (χ0n) is 11.9. The van der Waals surface area contributed by atoms with Gasteiger partial charge in [-0.3, -0.25) is 0 Å². The van der Waals surface area contributed by atoms with Crippen molar-refractivity contribution in [1.82, 2.24) is 5.32 Å². The number of phenolic OH excluding ortho intramolecular Hbond substituents is 1. The Morgan fingerprint density at radius 2 is 2.19 bits per heavy atom. The highest BCUT2D eigenvalue weighted by atomic mass is 16.5. The average molecular weight is 285 g/mol. The number of aromatic hydroxyl groups is 1. The molecule has 2 heterocycles. The molecule has 0 aromatic heterocycles. The first-order valence-corrected chi connectivity index (χ1v) is 7.73. The van der Waals surface area contributed by atoms with Crippen LogP contribution in [0.15, 0.2) is 24.3 Å². The number of nitrogens with one attached hydrogen (secondary N) is 1. The van der Waals surface area contributed by atoms with Crippen LogP contribution in [0.2, 0.25) is 0 Å². The predicted molar refractivity (Wildman–Crippen MR) is 77.6 cm³/mol. The maximum absolute atomic E-state index is 11.6. The molecule has 0 radical (unpaired) electrons. The summed E-state index contributed by atoms with van der Waals surface area (Å²) in [5.74, 6) is 0.768. The van der Waals surface area contributed by atoms with Crippen molar-refractivity contribution in [2.45, 2.75) is 48.8 Å². The number of hydrogen-bond acceptors (Lipinski definition) is 4. The Kier molecular flexibility index (Phi) is 1.98. The molecule has 2 fully saturated rings. The van der Waals surface area contributed by atoms with E-state index in [1.165, 1.54) is 5.56 Å². The van der Waals surface area contributed by atoms with Gasteiger partial charge in [-0.2, -0.15) is 0 Å². The van der Waals surface area contributed by atoms with Crippen LogP contribution in [-0.2, 0) is 11.8 Å². The second-order valence-electron chi connectivity index (χ2n) is 6.96. The smallest absolute Gasteiger partial charge is 0.166 e. The van der Waals surface area contributed by atoms with Crippen LogP contribution in [-0.4, -0.2) is 34.5 Å². The minimum Gasteiger partial charge on any atom is -0.504 e. The second kappa shape index (κ2) is 3.45. The van der Waals surface area contributed by atoms with Gasteiger partial charge in [0, 0.05) is 11.6 Å². The van der Waals surface area contributed by atoms with E-state index in [1.54, 1.807) is 6.07 Å². The molecule has 2 aliphatic heterocycles. The minimum atomic E-state index is -0.802. The second-order valence-corrected chi connectivity index (χ2v) is 6.96. The topological polar surface area (TPSA) is 61.7 Å². The third-order valence-corrected chi connectivity index (χ3v) is 6.23. The van der Waals surface area contributed by atoms with E-state index < -0.39 is 11.0 Å². The largest absolute Gasteiger partial charge is 0.504 e. The Labute approximate surface area is 123 Å². The molecule has 4 nitrogen and oxygen atoms in total. The normalized spacial score (nSPS) is 42.4. The third-order valence-electron chi connectivity index (χ3n) is 6.23. The summed E-state index contributed by atoms with van der Waals surface area (Å²) < 4.78 is 6.15. The van der Waals surface area contributed by atoms with Crippen LogP contribution in [0.3, 0.4) is 0 Å². The standard InChI is InChI=1S/C17H19NO3/c1-9-4-5-17(20)12-8-10-2-3-11(19)14-13(10)16(17,6-7-18-12)15(9)21-14/h2-3,12,15,18-20H,1,4-8H2/t12?,15-,16-,17+/m0/s1. The van der Waals surface area contributed by atoms with Crippen molar-refractivity contribution in [2.75, 3.05) is 6.54 Å². The van der Waals surface area contributed by atoms with Gasteiger partial charge in [0.2, 0.25) is 0 Å². The quantitative estimate of drug-likeness (QED) is 0.630. The fourth-order valence-corrected chi connectivity index (χ4v) is 5.35. The summed E-state index contributed by atoms with van der Waals surface area (Å²) in [5.41, 5.74) is 2.06. The predicted octanol–water partition coefficient (Wildman–Crippen LogP) is 1.39. The van der Waals surface area contributed by atoms with Crippen molar-refractivity contribution in [3.8, 4) is 11.5 Å².